The maximum atomic E-state index is 12.0. The molecule has 0 bridgehead atoms. The number of rotatable bonds is 3. The van der Waals surface area contributed by atoms with Gasteiger partial charge < -0.3 is 9.47 Å². The van der Waals surface area contributed by atoms with E-state index in [2.05, 4.69) is 51.6 Å². The first kappa shape index (κ1) is 16.9. The third kappa shape index (κ3) is 2.72. The molecule has 4 rings (SSSR count). The fraction of sp³-hybridized carbons (Fsp3) is 0.348. The van der Waals surface area contributed by atoms with Gasteiger partial charge in [-0.3, -0.25) is 0 Å². The fourth-order valence-corrected chi connectivity index (χ4v) is 4.29. The second-order valence-electron chi connectivity index (χ2n) is 7.48. The first-order chi connectivity index (χ1) is 12.5. The molecule has 0 unspecified atom stereocenters. The van der Waals surface area contributed by atoms with E-state index in [0.29, 0.717) is 12.2 Å². The van der Waals surface area contributed by atoms with Gasteiger partial charge in [-0.1, -0.05) is 36.4 Å². The van der Waals surface area contributed by atoms with Crippen molar-refractivity contribution < 1.29 is 14.3 Å². The number of carbonyl (C=O) groups is 1. The Kier molecular flexibility index (Phi) is 4.10. The van der Waals surface area contributed by atoms with Crippen LogP contribution in [0.1, 0.15) is 45.9 Å². The van der Waals surface area contributed by atoms with E-state index in [9.17, 15) is 4.79 Å². The summed E-state index contributed by atoms with van der Waals surface area (Å²) in [6.45, 7) is 10.7. The molecule has 134 valence electrons. The summed E-state index contributed by atoms with van der Waals surface area (Å²) in [7, 11) is 0. The Hall–Kier alpha value is -2.55. The van der Waals surface area contributed by atoms with Crippen LogP contribution in [0.4, 0.5) is 0 Å². The van der Waals surface area contributed by atoms with E-state index in [1.807, 2.05) is 6.07 Å². The van der Waals surface area contributed by atoms with Crippen LogP contribution in [0.15, 0.2) is 42.5 Å². The zero-order chi connectivity index (χ0) is 18.4. The maximum absolute atomic E-state index is 12.0. The van der Waals surface area contributed by atoms with Crippen molar-refractivity contribution in [2.24, 2.45) is 5.92 Å². The topological polar surface area (TPSA) is 35.5 Å². The van der Waals surface area contributed by atoms with Crippen LogP contribution in [-0.2, 0) is 22.6 Å². The van der Waals surface area contributed by atoms with Crippen molar-refractivity contribution in [1.29, 1.82) is 0 Å². The van der Waals surface area contributed by atoms with Crippen LogP contribution in [0.2, 0.25) is 0 Å². The van der Waals surface area contributed by atoms with E-state index in [1.165, 1.54) is 16.7 Å². The Morgan fingerprint density at radius 2 is 2.04 bits per heavy atom. The van der Waals surface area contributed by atoms with Gasteiger partial charge in [0, 0.05) is 17.1 Å². The first-order valence-electron chi connectivity index (χ1n) is 9.17. The Labute approximate surface area is 154 Å². The molecule has 3 nitrogen and oxygen atoms in total. The van der Waals surface area contributed by atoms with Crippen molar-refractivity contribution in [2.75, 3.05) is 0 Å². The molecule has 1 fully saturated rings. The maximum Gasteiger partial charge on any atom is 0.334 e. The molecule has 1 aliphatic heterocycles. The van der Waals surface area contributed by atoms with Crippen molar-refractivity contribution in [3.8, 4) is 5.75 Å². The SMILES string of the molecule is C=C1C(=O)O[C@H]2c3c(C)c(OCc4cccc(C)c4)cc(C)c3CC[C@@H]12. The molecule has 26 heavy (non-hydrogen) atoms. The molecule has 1 saturated heterocycles. The van der Waals surface area contributed by atoms with Crippen LogP contribution in [0.5, 0.6) is 5.75 Å². The highest BCUT2D eigenvalue weighted by Gasteiger charge is 2.44. The average molecular weight is 348 g/mol. The van der Waals surface area contributed by atoms with Gasteiger partial charge in [0.1, 0.15) is 18.5 Å². The van der Waals surface area contributed by atoms with Gasteiger partial charge in [0.05, 0.1) is 0 Å². The van der Waals surface area contributed by atoms with Gasteiger partial charge in [-0.2, -0.15) is 0 Å². The summed E-state index contributed by atoms with van der Waals surface area (Å²) in [4.78, 5) is 12.0. The average Bonchev–Trinajstić information content (AvgIpc) is 2.91. The molecule has 0 N–H and O–H groups in total. The number of hydrogen-bond donors (Lipinski definition) is 0. The van der Waals surface area contributed by atoms with Crippen molar-refractivity contribution in [2.45, 2.75) is 46.3 Å². The lowest BCUT2D eigenvalue weighted by Crippen LogP contribution is -2.20. The van der Waals surface area contributed by atoms with Crippen molar-refractivity contribution in [3.63, 3.8) is 0 Å². The van der Waals surface area contributed by atoms with Crippen molar-refractivity contribution >= 4 is 5.97 Å². The largest absolute Gasteiger partial charge is 0.489 e. The molecule has 0 amide bonds. The minimum Gasteiger partial charge on any atom is -0.489 e. The lowest BCUT2D eigenvalue weighted by atomic mass is 9.76. The van der Waals surface area contributed by atoms with Crippen LogP contribution in [0.25, 0.3) is 0 Å². The molecule has 2 aromatic rings. The smallest absolute Gasteiger partial charge is 0.334 e. The zero-order valence-corrected chi connectivity index (χ0v) is 15.6. The van der Waals surface area contributed by atoms with Crippen molar-refractivity contribution in [3.05, 3.63) is 75.9 Å². The number of fused-ring (bicyclic) bond motifs is 3. The van der Waals surface area contributed by atoms with Gasteiger partial charge in [0.25, 0.3) is 0 Å². The second kappa shape index (κ2) is 6.31. The van der Waals surface area contributed by atoms with Crippen LogP contribution < -0.4 is 4.74 Å². The molecule has 1 aliphatic carbocycles. The monoisotopic (exact) mass is 348 g/mol. The minimum atomic E-state index is -0.254. The molecule has 0 saturated carbocycles. The molecule has 0 radical (unpaired) electrons. The highest BCUT2D eigenvalue weighted by Crippen LogP contribution is 2.49. The molecule has 1 heterocycles. The summed E-state index contributed by atoms with van der Waals surface area (Å²) in [5.74, 6) is 0.716. The van der Waals surface area contributed by atoms with Crippen molar-refractivity contribution in [1.82, 2.24) is 0 Å². The molecular formula is C23H24O3. The number of carbonyl (C=O) groups excluding carboxylic acids is 1. The summed E-state index contributed by atoms with van der Waals surface area (Å²) < 4.78 is 11.8. The van der Waals surface area contributed by atoms with Gasteiger partial charge in [-0.05, 0) is 61.9 Å². The minimum absolute atomic E-state index is 0.0973. The zero-order valence-electron chi connectivity index (χ0n) is 15.6. The van der Waals surface area contributed by atoms with Gasteiger partial charge >= 0.3 is 5.97 Å². The van der Waals surface area contributed by atoms with Gasteiger partial charge in [0.15, 0.2) is 0 Å². The standard InChI is InChI=1S/C23H24O3/c1-13-6-5-7-17(10-13)12-25-20-11-14(2)18-8-9-19-15(3)23(24)26-22(19)21(18)16(20)4/h5-7,10-11,19,22H,3,8-9,12H2,1-2,4H3/t19-,22+/m0/s1. The molecule has 2 aromatic carbocycles. The normalized spacial score (nSPS) is 21.2. The number of aryl methyl sites for hydroxylation is 2. The number of benzene rings is 2. The van der Waals surface area contributed by atoms with E-state index < -0.39 is 0 Å². The Morgan fingerprint density at radius 3 is 2.81 bits per heavy atom. The van der Waals surface area contributed by atoms with Crippen LogP contribution in [0, 0.1) is 26.7 Å². The van der Waals surface area contributed by atoms with Crippen LogP contribution >= 0.6 is 0 Å². The molecule has 2 aliphatic rings. The fourth-order valence-electron chi connectivity index (χ4n) is 4.29. The summed E-state index contributed by atoms with van der Waals surface area (Å²) in [5.41, 5.74) is 7.71. The summed E-state index contributed by atoms with van der Waals surface area (Å²) in [6.07, 6.45) is 1.67. The Balaban J connectivity index is 1.68. The predicted octanol–water partition coefficient (Wildman–Crippen LogP) is 4.91. The molecule has 0 aromatic heterocycles. The molecule has 0 spiro atoms. The van der Waals surface area contributed by atoms with E-state index in [1.54, 1.807) is 0 Å². The third-order valence-electron chi connectivity index (χ3n) is 5.70. The quantitative estimate of drug-likeness (QED) is 0.584. The van der Waals surface area contributed by atoms with E-state index >= 15 is 0 Å². The summed E-state index contributed by atoms with van der Waals surface area (Å²) >= 11 is 0. The van der Waals surface area contributed by atoms with Gasteiger partial charge in [-0.25, -0.2) is 4.79 Å². The number of ether oxygens (including phenoxy) is 2. The summed E-state index contributed by atoms with van der Waals surface area (Å²) in [5, 5.41) is 0. The molecular weight excluding hydrogens is 324 g/mol. The van der Waals surface area contributed by atoms with E-state index in [4.69, 9.17) is 9.47 Å². The van der Waals surface area contributed by atoms with Gasteiger partial charge in [-0.15, -0.1) is 0 Å². The first-order valence-corrected chi connectivity index (χ1v) is 9.17. The lowest BCUT2D eigenvalue weighted by Gasteiger charge is -2.30. The second-order valence-corrected chi connectivity index (χ2v) is 7.48. The lowest BCUT2D eigenvalue weighted by molar-refractivity contribution is -0.139. The number of esters is 1. The Morgan fingerprint density at radius 1 is 1.23 bits per heavy atom. The number of hydrogen-bond acceptors (Lipinski definition) is 3. The summed E-state index contributed by atoms with van der Waals surface area (Å²) in [6, 6.07) is 10.5. The molecule has 2 atom stereocenters. The predicted molar refractivity (Wildman–Crippen MR) is 101 cm³/mol. The highest BCUT2D eigenvalue weighted by atomic mass is 16.6. The van der Waals surface area contributed by atoms with E-state index in [-0.39, 0.29) is 18.0 Å². The Bertz CT molecular complexity index is 910. The van der Waals surface area contributed by atoms with Crippen LogP contribution in [-0.4, -0.2) is 5.97 Å². The van der Waals surface area contributed by atoms with E-state index in [0.717, 1.165) is 35.3 Å². The molecule has 3 heteroatoms. The van der Waals surface area contributed by atoms with Gasteiger partial charge in [0.2, 0.25) is 0 Å². The van der Waals surface area contributed by atoms with Crippen LogP contribution in [0.3, 0.4) is 0 Å². The third-order valence-corrected chi connectivity index (χ3v) is 5.70. The highest BCUT2D eigenvalue weighted by molar-refractivity contribution is 5.91.